The lowest BCUT2D eigenvalue weighted by atomic mass is 10.2. The Morgan fingerprint density at radius 2 is 1.68 bits per heavy atom. The molecule has 0 unspecified atom stereocenters. The summed E-state index contributed by atoms with van der Waals surface area (Å²) in [4.78, 5) is 8.23. The van der Waals surface area contributed by atoms with Gasteiger partial charge in [-0.1, -0.05) is 31.2 Å². The van der Waals surface area contributed by atoms with Crippen LogP contribution in [0.2, 0.25) is 0 Å². The summed E-state index contributed by atoms with van der Waals surface area (Å²) in [5.74, 6) is 1.16. The van der Waals surface area contributed by atoms with Crippen LogP contribution in [0, 0.1) is 5.82 Å². The van der Waals surface area contributed by atoms with Crippen molar-refractivity contribution in [1.29, 1.82) is 0 Å². The zero-order chi connectivity index (χ0) is 17.6. The van der Waals surface area contributed by atoms with Gasteiger partial charge in [0, 0.05) is 6.54 Å². The molecule has 3 N–H and O–H groups in total. The van der Waals surface area contributed by atoms with Crippen molar-refractivity contribution >= 4 is 11.5 Å². The number of nitrogens with two attached hydrogens (primary N) is 1. The van der Waals surface area contributed by atoms with E-state index in [0.29, 0.717) is 29.7 Å². The highest BCUT2D eigenvalue weighted by atomic mass is 19.1. The summed E-state index contributed by atoms with van der Waals surface area (Å²) in [6, 6.07) is 14.0. The summed E-state index contributed by atoms with van der Waals surface area (Å²) in [5.41, 5.74) is 8.57. The number of halogens is 1. The SMILES string of the molecule is CCc1ccc(Oc2ncnc(NCc3ccc(F)cc3)c2N)cc1. The van der Waals surface area contributed by atoms with Gasteiger partial charge < -0.3 is 15.8 Å². The van der Waals surface area contributed by atoms with Crippen molar-refractivity contribution in [2.75, 3.05) is 11.1 Å². The number of nitrogens with one attached hydrogen (secondary N) is 1. The Kier molecular flexibility index (Phi) is 5.09. The third-order valence-electron chi connectivity index (χ3n) is 3.77. The molecule has 5 nitrogen and oxygen atoms in total. The summed E-state index contributed by atoms with van der Waals surface area (Å²) in [6.07, 6.45) is 2.35. The predicted molar refractivity (Wildman–Crippen MR) is 96.1 cm³/mol. The Bertz CT molecular complexity index is 835. The molecule has 0 aliphatic carbocycles. The molecule has 0 spiro atoms. The van der Waals surface area contributed by atoms with Crippen LogP contribution >= 0.6 is 0 Å². The molecule has 3 aromatic rings. The summed E-state index contributed by atoms with van der Waals surface area (Å²) in [6.45, 7) is 2.56. The van der Waals surface area contributed by atoms with Crippen molar-refractivity contribution in [3.8, 4) is 11.6 Å². The number of ether oxygens (including phenoxy) is 1. The first-order valence-corrected chi connectivity index (χ1v) is 8.01. The van der Waals surface area contributed by atoms with Gasteiger partial charge in [-0.25, -0.2) is 9.37 Å². The quantitative estimate of drug-likeness (QED) is 0.706. The third-order valence-corrected chi connectivity index (χ3v) is 3.77. The molecule has 25 heavy (non-hydrogen) atoms. The van der Waals surface area contributed by atoms with Crippen LogP contribution < -0.4 is 15.8 Å². The second-order valence-corrected chi connectivity index (χ2v) is 5.52. The van der Waals surface area contributed by atoms with Crippen LogP contribution in [-0.4, -0.2) is 9.97 Å². The summed E-state index contributed by atoms with van der Waals surface area (Å²) < 4.78 is 18.7. The van der Waals surface area contributed by atoms with Crippen LogP contribution in [0.15, 0.2) is 54.9 Å². The summed E-state index contributed by atoms with van der Waals surface area (Å²) >= 11 is 0. The van der Waals surface area contributed by atoms with Crippen molar-refractivity contribution < 1.29 is 9.13 Å². The van der Waals surface area contributed by atoms with Crippen LogP contribution in [-0.2, 0) is 13.0 Å². The second-order valence-electron chi connectivity index (χ2n) is 5.52. The molecule has 0 bridgehead atoms. The molecular weight excluding hydrogens is 319 g/mol. The average Bonchev–Trinajstić information content (AvgIpc) is 2.64. The fourth-order valence-electron chi connectivity index (χ4n) is 2.29. The predicted octanol–water partition coefficient (Wildman–Crippen LogP) is 4.16. The minimum atomic E-state index is -0.268. The standard InChI is InChI=1S/C19H19FN4O/c1-2-13-5-9-16(10-6-13)25-19-17(21)18(23-12-24-19)22-11-14-3-7-15(20)8-4-14/h3-10,12H,2,11,21H2,1H3,(H,22,23,24). The van der Waals surface area contributed by atoms with E-state index in [1.165, 1.54) is 24.0 Å². The van der Waals surface area contributed by atoms with Crippen molar-refractivity contribution in [3.05, 3.63) is 71.8 Å². The van der Waals surface area contributed by atoms with Crippen molar-refractivity contribution in [1.82, 2.24) is 9.97 Å². The highest BCUT2D eigenvalue weighted by molar-refractivity contribution is 5.67. The lowest BCUT2D eigenvalue weighted by Gasteiger charge is -2.12. The minimum Gasteiger partial charge on any atom is -0.437 e. The molecule has 128 valence electrons. The Morgan fingerprint density at radius 1 is 1.00 bits per heavy atom. The van der Waals surface area contributed by atoms with Gasteiger partial charge in [0.25, 0.3) is 0 Å². The number of hydrogen-bond acceptors (Lipinski definition) is 5. The molecule has 0 saturated heterocycles. The van der Waals surface area contributed by atoms with Gasteiger partial charge in [-0.05, 0) is 41.8 Å². The van der Waals surface area contributed by atoms with Gasteiger partial charge in [-0.15, -0.1) is 0 Å². The van der Waals surface area contributed by atoms with Crippen LogP contribution in [0.5, 0.6) is 11.6 Å². The molecule has 2 aromatic carbocycles. The first kappa shape index (κ1) is 16.7. The van der Waals surface area contributed by atoms with Gasteiger partial charge >= 0.3 is 0 Å². The third kappa shape index (κ3) is 4.23. The number of aromatic nitrogens is 2. The molecule has 0 aliphatic rings. The Labute approximate surface area is 145 Å². The fraction of sp³-hybridized carbons (Fsp3) is 0.158. The highest BCUT2D eigenvalue weighted by Crippen LogP contribution is 2.29. The number of nitrogen functional groups attached to an aromatic ring is 1. The zero-order valence-electron chi connectivity index (χ0n) is 13.9. The van der Waals surface area contributed by atoms with E-state index < -0.39 is 0 Å². The number of benzene rings is 2. The Morgan fingerprint density at radius 3 is 2.36 bits per heavy atom. The van der Waals surface area contributed by atoms with Gasteiger partial charge in [0.2, 0.25) is 5.88 Å². The van der Waals surface area contributed by atoms with Gasteiger partial charge in [-0.3, -0.25) is 0 Å². The van der Waals surface area contributed by atoms with Crippen LogP contribution in [0.1, 0.15) is 18.1 Å². The van der Waals surface area contributed by atoms with Crippen molar-refractivity contribution in [2.24, 2.45) is 0 Å². The van der Waals surface area contributed by atoms with Gasteiger partial charge in [0.1, 0.15) is 23.6 Å². The number of nitrogens with zero attached hydrogens (tertiary/aromatic N) is 2. The molecular formula is C19H19FN4O. The molecule has 3 rings (SSSR count). The largest absolute Gasteiger partial charge is 0.437 e. The number of hydrogen-bond donors (Lipinski definition) is 2. The van der Waals surface area contributed by atoms with Crippen molar-refractivity contribution in [3.63, 3.8) is 0 Å². The maximum Gasteiger partial charge on any atom is 0.248 e. The van der Waals surface area contributed by atoms with E-state index in [2.05, 4.69) is 22.2 Å². The molecule has 0 fully saturated rings. The van der Waals surface area contributed by atoms with E-state index in [1.54, 1.807) is 12.1 Å². The normalized spacial score (nSPS) is 10.5. The molecule has 1 aromatic heterocycles. The van der Waals surface area contributed by atoms with E-state index in [1.807, 2.05) is 24.3 Å². The molecule has 0 amide bonds. The van der Waals surface area contributed by atoms with Gasteiger partial charge in [0.15, 0.2) is 5.82 Å². The van der Waals surface area contributed by atoms with E-state index >= 15 is 0 Å². The molecule has 0 radical (unpaired) electrons. The maximum absolute atomic E-state index is 12.9. The van der Waals surface area contributed by atoms with Crippen LogP contribution in [0.25, 0.3) is 0 Å². The van der Waals surface area contributed by atoms with Gasteiger partial charge in [-0.2, -0.15) is 4.98 Å². The first-order valence-electron chi connectivity index (χ1n) is 8.01. The number of anilines is 2. The molecule has 0 aliphatic heterocycles. The summed E-state index contributed by atoms with van der Waals surface area (Å²) in [7, 11) is 0. The van der Waals surface area contributed by atoms with Gasteiger partial charge in [0.05, 0.1) is 0 Å². The monoisotopic (exact) mass is 338 g/mol. The lowest BCUT2D eigenvalue weighted by molar-refractivity contribution is 0.464. The average molecular weight is 338 g/mol. The van der Waals surface area contributed by atoms with E-state index in [0.717, 1.165) is 12.0 Å². The number of rotatable bonds is 6. The van der Waals surface area contributed by atoms with E-state index in [9.17, 15) is 4.39 Å². The fourth-order valence-corrected chi connectivity index (χ4v) is 2.29. The number of aryl methyl sites for hydroxylation is 1. The lowest BCUT2D eigenvalue weighted by Crippen LogP contribution is -2.06. The Balaban J connectivity index is 1.71. The van der Waals surface area contributed by atoms with Crippen LogP contribution in [0.4, 0.5) is 15.9 Å². The minimum absolute atomic E-state index is 0.268. The van der Waals surface area contributed by atoms with Crippen LogP contribution in [0.3, 0.4) is 0 Å². The summed E-state index contributed by atoms with van der Waals surface area (Å²) in [5, 5.41) is 3.11. The molecule has 0 saturated carbocycles. The second kappa shape index (κ2) is 7.61. The highest BCUT2D eigenvalue weighted by Gasteiger charge is 2.10. The molecule has 6 heteroatoms. The van der Waals surface area contributed by atoms with E-state index in [-0.39, 0.29) is 5.82 Å². The zero-order valence-corrected chi connectivity index (χ0v) is 13.9. The van der Waals surface area contributed by atoms with E-state index in [4.69, 9.17) is 10.5 Å². The van der Waals surface area contributed by atoms with Crippen molar-refractivity contribution in [2.45, 2.75) is 19.9 Å². The Hall–Kier alpha value is -3.15. The molecule has 0 atom stereocenters. The molecule has 1 heterocycles. The smallest absolute Gasteiger partial charge is 0.248 e. The maximum atomic E-state index is 12.9. The topological polar surface area (TPSA) is 73.1 Å². The first-order chi connectivity index (χ1) is 12.2.